The van der Waals surface area contributed by atoms with E-state index in [2.05, 4.69) is 55.2 Å². The second kappa shape index (κ2) is 6.73. The second-order valence-electron chi connectivity index (χ2n) is 10.4. The maximum absolute atomic E-state index is 13.0. The highest BCUT2D eigenvalue weighted by Gasteiger charge is 2.60. The Hall–Kier alpha value is -2.08. The van der Waals surface area contributed by atoms with E-state index < -0.39 is 0 Å². The molecule has 1 aliphatic heterocycles. The summed E-state index contributed by atoms with van der Waals surface area (Å²) in [5, 5.41) is 9.65. The van der Waals surface area contributed by atoms with Crippen LogP contribution in [0.4, 0.5) is 0 Å². The Bertz CT molecular complexity index is 884. The highest BCUT2D eigenvalue weighted by atomic mass is 16.2. The maximum Gasteiger partial charge on any atom is 0.223 e. The second-order valence-corrected chi connectivity index (χ2v) is 10.4. The first-order chi connectivity index (χ1) is 14.0. The molecule has 3 aliphatic carbocycles. The predicted molar refractivity (Wildman–Crippen MR) is 113 cm³/mol. The molecule has 3 heteroatoms. The van der Waals surface area contributed by atoms with E-state index in [9.17, 15) is 10.1 Å². The van der Waals surface area contributed by atoms with Crippen molar-refractivity contribution < 1.29 is 4.79 Å². The average molecular weight is 389 g/mol. The fraction of sp³-hybridized carbons (Fsp3) is 0.615. The number of nitrogens with zero attached hydrogens (tertiary/aromatic N) is 2. The molecule has 6 atom stereocenters. The number of allylic oxidation sites excluding steroid dienone is 2. The number of likely N-dealkylation sites (tertiary alicyclic amines) is 1. The summed E-state index contributed by atoms with van der Waals surface area (Å²) in [6.07, 6.45) is 9.68. The van der Waals surface area contributed by atoms with E-state index in [-0.39, 0.29) is 10.8 Å². The quantitative estimate of drug-likeness (QED) is 0.673. The van der Waals surface area contributed by atoms with E-state index in [1.807, 2.05) is 6.07 Å². The third-order valence-electron chi connectivity index (χ3n) is 9.29. The van der Waals surface area contributed by atoms with Gasteiger partial charge in [0.05, 0.1) is 6.07 Å². The van der Waals surface area contributed by atoms with Crippen LogP contribution in [0.15, 0.2) is 42.0 Å². The van der Waals surface area contributed by atoms with Crippen molar-refractivity contribution in [1.29, 1.82) is 5.26 Å². The molecule has 5 rings (SSSR count). The van der Waals surface area contributed by atoms with Crippen LogP contribution in [0.2, 0.25) is 0 Å². The van der Waals surface area contributed by atoms with E-state index in [0.717, 1.165) is 37.8 Å². The van der Waals surface area contributed by atoms with Crippen LogP contribution >= 0.6 is 0 Å². The van der Waals surface area contributed by atoms with Crippen molar-refractivity contribution in [3.63, 3.8) is 0 Å². The average Bonchev–Trinajstić information content (AvgIpc) is 3.07. The molecule has 2 saturated carbocycles. The SMILES string of the molecule is C[C@]12CCC(=O)N(Cc3ccccc3)[C@@H]1CC[C@@H]1[C@@H]2CC[C@]2(C)C(C#N)=CC[C@@H]12. The molecule has 1 heterocycles. The zero-order chi connectivity index (χ0) is 20.2. The van der Waals surface area contributed by atoms with Crippen molar-refractivity contribution in [3.8, 4) is 6.07 Å². The first-order valence-electron chi connectivity index (χ1n) is 11.4. The van der Waals surface area contributed by atoms with Gasteiger partial charge in [-0.1, -0.05) is 50.3 Å². The lowest BCUT2D eigenvalue weighted by molar-refractivity contribution is -0.160. The third kappa shape index (κ3) is 2.71. The number of benzene rings is 1. The smallest absolute Gasteiger partial charge is 0.223 e. The van der Waals surface area contributed by atoms with Crippen LogP contribution in [0.1, 0.15) is 64.4 Å². The van der Waals surface area contributed by atoms with Gasteiger partial charge in [-0.25, -0.2) is 0 Å². The summed E-state index contributed by atoms with van der Waals surface area (Å²) in [5.41, 5.74) is 2.58. The number of nitriles is 1. The van der Waals surface area contributed by atoms with Gasteiger partial charge in [-0.05, 0) is 67.3 Å². The van der Waals surface area contributed by atoms with Gasteiger partial charge in [0.25, 0.3) is 0 Å². The van der Waals surface area contributed by atoms with E-state index in [0.29, 0.717) is 36.1 Å². The molecule has 1 aromatic carbocycles. The van der Waals surface area contributed by atoms with Crippen LogP contribution in [-0.4, -0.2) is 16.8 Å². The molecule has 1 amide bonds. The van der Waals surface area contributed by atoms with Crippen molar-refractivity contribution in [2.24, 2.45) is 28.6 Å². The molecule has 29 heavy (non-hydrogen) atoms. The number of hydrogen-bond donors (Lipinski definition) is 0. The first kappa shape index (κ1) is 18.9. The van der Waals surface area contributed by atoms with Crippen LogP contribution < -0.4 is 0 Å². The molecular weight excluding hydrogens is 356 g/mol. The van der Waals surface area contributed by atoms with E-state index in [1.165, 1.54) is 18.4 Å². The number of piperidine rings is 1. The summed E-state index contributed by atoms with van der Waals surface area (Å²) in [4.78, 5) is 15.2. The Kier molecular flexibility index (Phi) is 4.39. The van der Waals surface area contributed by atoms with Crippen molar-refractivity contribution >= 4 is 5.91 Å². The van der Waals surface area contributed by atoms with Crippen molar-refractivity contribution in [2.75, 3.05) is 0 Å². The number of carbonyl (C=O) groups excluding carboxylic acids is 1. The van der Waals surface area contributed by atoms with Gasteiger partial charge < -0.3 is 4.90 Å². The van der Waals surface area contributed by atoms with Crippen molar-refractivity contribution in [3.05, 3.63) is 47.5 Å². The molecule has 0 unspecified atom stereocenters. The van der Waals surface area contributed by atoms with Gasteiger partial charge in [0.2, 0.25) is 5.91 Å². The van der Waals surface area contributed by atoms with Crippen LogP contribution in [0.3, 0.4) is 0 Å². The van der Waals surface area contributed by atoms with Crippen LogP contribution in [-0.2, 0) is 11.3 Å². The van der Waals surface area contributed by atoms with Gasteiger partial charge >= 0.3 is 0 Å². The molecule has 0 spiro atoms. The molecule has 1 saturated heterocycles. The summed E-state index contributed by atoms with van der Waals surface area (Å²) >= 11 is 0. The van der Waals surface area contributed by atoms with Crippen LogP contribution in [0.25, 0.3) is 0 Å². The Labute approximate surface area is 174 Å². The number of hydrogen-bond acceptors (Lipinski definition) is 2. The van der Waals surface area contributed by atoms with Gasteiger partial charge in [0.15, 0.2) is 0 Å². The van der Waals surface area contributed by atoms with Gasteiger partial charge in [0, 0.05) is 30.0 Å². The molecule has 4 aliphatic rings. The lowest BCUT2D eigenvalue weighted by atomic mass is 9.47. The van der Waals surface area contributed by atoms with Crippen molar-refractivity contribution in [1.82, 2.24) is 4.90 Å². The largest absolute Gasteiger partial charge is 0.335 e. The van der Waals surface area contributed by atoms with Gasteiger partial charge in [0.1, 0.15) is 0 Å². The Morgan fingerprint density at radius 3 is 2.66 bits per heavy atom. The standard InChI is InChI=1S/C26H32N2O/c1-25-14-12-22-20(21(25)10-8-19(25)16-27)9-11-23-26(22,2)15-13-24(29)28(23)17-18-6-4-3-5-7-18/h3-8,20-23H,9-15,17H2,1-2H3/t20-,21-,22-,23+,25+,26+/m0/s1. The molecule has 3 nitrogen and oxygen atoms in total. The number of fused-ring (bicyclic) bond motifs is 5. The van der Waals surface area contributed by atoms with E-state index >= 15 is 0 Å². The van der Waals surface area contributed by atoms with Crippen molar-refractivity contribution in [2.45, 2.75) is 71.4 Å². The third-order valence-corrected chi connectivity index (χ3v) is 9.29. The fourth-order valence-corrected chi connectivity index (χ4v) is 7.71. The summed E-state index contributed by atoms with van der Waals surface area (Å²) in [7, 11) is 0. The monoisotopic (exact) mass is 388 g/mol. The molecule has 152 valence electrons. The van der Waals surface area contributed by atoms with E-state index in [1.54, 1.807) is 0 Å². The fourth-order valence-electron chi connectivity index (χ4n) is 7.71. The molecule has 0 radical (unpaired) electrons. The predicted octanol–water partition coefficient (Wildman–Crippen LogP) is 5.48. The highest BCUT2D eigenvalue weighted by Crippen LogP contribution is 2.64. The minimum Gasteiger partial charge on any atom is -0.335 e. The Morgan fingerprint density at radius 2 is 1.90 bits per heavy atom. The topological polar surface area (TPSA) is 44.1 Å². The van der Waals surface area contributed by atoms with Crippen LogP contribution in [0, 0.1) is 39.9 Å². The molecular formula is C26H32N2O. The summed E-state index contributed by atoms with van der Waals surface area (Å²) in [5.74, 6) is 2.33. The highest BCUT2D eigenvalue weighted by molar-refractivity contribution is 5.77. The molecule has 0 N–H and O–H groups in total. The van der Waals surface area contributed by atoms with Gasteiger partial charge in [-0.2, -0.15) is 5.26 Å². The molecule has 3 fully saturated rings. The zero-order valence-corrected chi connectivity index (χ0v) is 17.7. The minimum absolute atomic E-state index is 0.0906. The molecule has 1 aromatic rings. The minimum atomic E-state index is 0.0906. The normalized spacial score (nSPS) is 41.1. The van der Waals surface area contributed by atoms with E-state index in [4.69, 9.17) is 0 Å². The van der Waals surface area contributed by atoms with Gasteiger partial charge in [-0.15, -0.1) is 0 Å². The zero-order valence-electron chi connectivity index (χ0n) is 17.7. The summed E-state index contributed by atoms with van der Waals surface area (Å²) < 4.78 is 0. The number of carbonyl (C=O) groups is 1. The number of amides is 1. The Balaban J connectivity index is 1.43. The number of rotatable bonds is 2. The molecule has 0 bridgehead atoms. The van der Waals surface area contributed by atoms with Crippen LogP contribution in [0.5, 0.6) is 0 Å². The Morgan fingerprint density at radius 1 is 1.10 bits per heavy atom. The summed E-state index contributed by atoms with van der Waals surface area (Å²) in [6, 6.07) is 13.3. The summed E-state index contributed by atoms with van der Waals surface area (Å²) in [6.45, 7) is 5.57. The lowest BCUT2D eigenvalue weighted by Crippen LogP contribution is -2.61. The first-order valence-corrected chi connectivity index (χ1v) is 11.4. The molecule has 0 aromatic heterocycles. The maximum atomic E-state index is 13.0. The lowest BCUT2D eigenvalue weighted by Gasteiger charge is -2.61. The van der Waals surface area contributed by atoms with Gasteiger partial charge in [-0.3, -0.25) is 4.79 Å².